The summed E-state index contributed by atoms with van der Waals surface area (Å²) < 4.78 is 0. The molecule has 1 saturated heterocycles. The van der Waals surface area contributed by atoms with E-state index < -0.39 is 6.23 Å². The molecule has 8 nitrogen and oxygen atoms in total. The second kappa shape index (κ2) is 6.79. The molecule has 2 aliphatic heterocycles. The zero-order valence-electron chi connectivity index (χ0n) is 15.8. The van der Waals surface area contributed by atoms with E-state index in [0.29, 0.717) is 12.5 Å². The molecule has 1 amide bonds. The maximum atomic E-state index is 11.6. The second-order valence-electron chi connectivity index (χ2n) is 7.18. The topological polar surface area (TPSA) is 84.8 Å². The number of hydrogen-bond donors (Lipinski definition) is 2. The van der Waals surface area contributed by atoms with Crippen LogP contribution in [0.25, 0.3) is 11.1 Å². The minimum Gasteiger partial charge on any atom is -0.372 e. The van der Waals surface area contributed by atoms with Crippen molar-refractivity contribution in [2.24, 2.45) is 0 Å². The summed E-state index contributed by atoms with van der Waals surface area (Å²) in [7, 11) is 1.80. The second-order valence-corrected chi connectivity index (χ2v) is 7.18. The number of aliphatic hydroxyl groups excluding tert-OH is 1. The van der Waals surface area contributed by atoms with Crippen LogP contribution in [0, 0.1) is 0 Å². The maximum Gasteiger partial charge on any atom is 0.225 e. The van der Waals surface area contributed by atoms with E-state index in [2.05, 4.69) is 20.3 Å². The predicted molar refractivity (Wildman–Crippen MR) is 103 cm³/mol. The molecule has 142 valence electrons. The van der Waals surface area contributed by atoms with Crippen molar-refractivity contribution in [2.75, 3.05) is 37.0 Å². The molecule has 1 aromatic heterocycles. The molecule has 2 aromatic rings. The van der Waals surface area contributed by atoms with Gasteiger partial charge in [-0.2, -0.15) is 5.01 Å². The number of rotatable bonds is 2. The molecular weight excluding hydrogens is 344 g/mol. The fourth-order valence-electron chi connectivity index (χ4n) is 3.76. The van der Waals surface area contributed by atoms with E-state index in [1.54, 1.807) is 19.0 Å². The van der Waals surface area contributed by atoms with Gasteiger partial charge in [-0.05, 0) is 18.6 Å². The molecule has 0 saturated carbocycles. The van der Waals surface area contributed by atoms with Gasteiger partial charge in [0.1, 0.15) is 0 Å². The van der Waals surface area contributed by atoms with Gasteiger partial charge in [-0.1, -0.05) is 12.1 Å². The maximum absolute atomic E-state index is 11.6. The Morgan fingerprint density at radius 1 is 1.22 bits per heavy atom. The number of carbonyl (C=O) groups excluding carboxylic acids is 1. The summed E-state index contributed by atoms with van der Waals surface area (Å²) in [5.74, 6) is 0.794. The highest BCUT2D eigenvalue weighted by Gasteiger charge is 2.27. The van der Waals surface area contributed by atoms with Crippen molar-refractivity contribution in [1.82, 2.24) is 19.9 Å². The lowest BCUT2D eigenvalue weighted by Crippen LogP contribution is -2.53. The van der Waals surface area contributed by atoms with Gasteiger partial charge < -0.3 is 20.3 Å². The first-order chi connectivity index (χ1) is 12.9. The van der Waals surface area contributed by atoms with Crippen molar-refractivity contribution in [2.45, 2.75) is 26.1 Å². The van der Waals surface area contributed by atoms with Crippen molar-refractivity contribution in [1.29, 1.82) is 0 Å². The van der Waals surface area contributed by atoms with Gasteiger partial charge in [0.05, 0.1) is 5.69 Å². The molecule has 1 aromatic carbocycles. The molecule has 1 fully saturated rings. The number of nitrogens with zero attached hydrogens (tertiary/aromatic N) is 5. The van der Waals surface area contributed by atoms with Crippen molar-refractivity contribution in [3.05, 3.63) is 36.2 Å². The number of piperazine rings is 1. The standard InChI is InChI=1S/C19H24N6O2/c1-12-11-24(6-7-25(12)13(2)26)19-20-9-15(10-21-19)14-4-5-16-17(8-14)22-23(3)18(16)27/h4-5,8-10,12,18,22,27H,6-7,11H2,1-3H3/t12-,18?/m1/s1. The lowest BCUT2D eigenvalue weighted by molar-refractivity contribution is -0.131. The zero-order chi connectivity index (χ0) is 19.1. The molecule has 4 rings (SSSR count). The Labute approximate surface area is 158 Å². The van der Waals surface area contributed by atoms with Gasteiger partial charge in [-0.15, -0.1) is 0 Å². The minimum absolute atomic E-state index is 0.111. The zero-order valence-corrected chi connectivity index (χ0v) is 15.8. The number of amides is 1. The van der Waals surface area contributed by atoms with Gasteiger partial charge >= 0.3 is 0 Å². The number of hydrazine groups is 1. The molecule has 2 aliphatic rings. The highest BCUT2D eigenvalue weighted by atomic mass is 16.3. The summed E-state index contributed by atoms with van der Waals surface area (Å²) in [5, 5.41) is 11.7. The highest BCUT2D eigenvalue weighted by molar-refractivity contribution is 5.74. The van der Waals surface area contributed by atoms with Crippen LogP contribution < -0.4 is 10.3 Å². The molecule has 27 heavy (non-hydrogen) atoms. The summed E-state index contributed by atoms with van der Waals surface area (Å²) in [5.41, 5.74) is 6.80. The first kappa shape index (κ1) is 17.7. The largest absolute Gasteiger partial charge is 0.372 e. The molecule has 3 heterocycles. The smallest absolute Gasteiger partial charge is 0.225 e. The third-order valence-corrected chi connectivity index (χ3v) is 5.28. The van der Waals surface area contributed by atoms with E-state index >= 15 is 0 Å². The molecule has 0 bridgehead atoms. The highest BCUT2D eigenvalue weighted by Crippen LogP contribution is 2.35. The van der Waals surface area contributed by atoms with Gasteiger partial charge in [-0.3, -0.25) is 4.79 Å². The van der Waals surface area contributed by atoms with Crippen LogP contribution >= 0.6 is 0 Å². The van der Waals surface area contributed by atoms with Crippen LogP contribution in [0.3, 0.4) is 0 Å². The summed E-state index contributed by atoms with van der Waals surface area (Å²) in [6.07, 6.45) is 3.01. The number of aromatic nitrogens is 2. The fourth-order valence-corrected chi connectivity index (χ4v) is 3.76. The van der Waals surface area contributed by atoms with E-state index in [1.807, 2.05) is 42.4 Å². The van der Waals surface area contributed by atoms with Crippen LogP contribution in [-0.4, -0.2) is 63.6 Å². The Kier molecular flexibility index (Phi) is 4.45. The van der Waals surface area contributed by atoms with Crippen LogP contribution in [0.15, 0.2) is 30.6 Å². The van der Waals surface area contributed by atoms with E-state index in [4.69, 9.17) is 0 Å². The fraction of sp³-hybridized carbons (Fsp3) is 0.421. The van der Waals surface area contributed by atoms with Crippen LogP contribution in [-0.2, 0) is 4.79 Å². The Balaban J connectivity index is 1.50. The first-order valence-corrected chi connectivity index (χ1v) is 9.10. The molecule has 1 unspecified atom stereocenters. The minimum atomic E-state index is -0.636. The van der Waals surface area contributed by atoms with Crippen molar-refractivity contribution < 1.29 is 9.90 Å². The molecule has 8 heteroatoms. The van der Waals surface area contributed by atoms with Crippen molar-refractivity contribution in [3.8, 4) is 11.1 Å². The Morgan fingerprint density at radius 3 is 2.63 bits per heavy atom. The van der Waals surface area contributed by atoms with Crippen LogP contribution in [0.2, 0.25) is 0 Å². The van der Waals surface area contributed by atoms with Crippen LogP contribution in [0.1, 0.15) is 25.6 Å². The van der Waals surface area contributed by atoms with E-state index in [1.165, 1.54) is 0 Å². The molecule has 0 aliphatic carbocycles. The monoisotopic (exact) mass is 368 g/mol. The third kappa shape index (κ3) is 3.22. The number of anilines is 2. The summed E-state index contributed by atoms with van der Waals surface area (Å²) in [4.78, 5) is 24.7. The van der Waals surface area contributed by atoms with Gasteiger partial charge in [0.2, 0.25) is 11.9 Å². The van der Waals surface area contributed by atoms with Gasteiger partial charge in [-0.25, -0.2) is 9.97 Å². The average molecular weight is 368 g/mol. The third-order valence-electron chi connectivity index (χ3n) is 5.28. The average Bonchev–Trinajstić information content (AvgIpc) is 2.95. The lowest BCUT2D eigenvalue weighted by Gasteiger charge is -2.39. The van der Waals surface area contributed by atoms with Gasteiger partial charge in [0.15, 0.2) is 6.23 Å². The number of fused-ring (bicyclic) bond motifs is 1. The number of benzene rings is 1. The molecule has 2 N–H and O–H groups in total. The van der Waals surface area contributed by atoms with Crippen molar-refractivity contribution in [3.63, 3.8) is 0 Å². The van der Waals surface area contributed by atoms with Gasteiger partial charge in [0.25, 0.3) is 0 Å². The molecule has 0 spiro atoms. The van der Waals surface area contributed by atoms with Gasteiger partial charge in [0, 0.05) is 63.2 Å². The lowest BCUT2D eigenvalue weighted by atomic mass is 10.0. The van der Waals surface area contributed by atoms with E-state index in [0.717, 1.165) is 35.5 Å². The number of carbonyl (C=O) groups is 1. The number of nitrogens with one attached hydrogen (secondary N) is 1. The Hall–Kier alpha value is -2.71. The Bertz CT molecular complexity index is 856. The molecule has 2 atom stereocenters. The normalized spacial score (nSPS) is 22.5. The van der Waals surface area contributed by atoms with E-state index in [9.17, 15) is 9.90 Å². The number of aliphatic hydroxyl groups is 1. The Morgan fingerprint density at radius 2 is 1.96 bits per heavy atom. The number of hydrogen-bond acceptors (Lipinski definition) is 7. The van der Waals surface area contributed by atoms with Crippen LogP contribution in [0.5, 0.6) is 0 Å². The SMILES string of the molecule is CC(=O)N1CCN(c2ncc(-c3ccc4c(c3)NN(C)C4O)cn2)C[C@H]1C. The van der Waals surface area contributed by atoms with Crippen LogP contribution in [0.4, 0.5) is 11.6 Å². The molecule has 0 radical (unpaired) electrons. The van der Waals surface area contributed by atoms with Crippen molar-refractivity contribution >= 4 is 17.5 Å². The summed E-state index contributed by atoms with van der Waals surface area (Å²) in [6, 6.07) is 6.02. The quantitative estimate of drug-likeness (QED) is 0.830. The molecular formula is C19H24N6O2. The first-order valence-electron chi connectivity index (χ1n) is 9.10. The summed E-state index contributed by atoms with van der Waals surface area (Å²) in [6.45, 7) is 5.81. The summed E-state index contributed by atoms with van der Waals surface area (Å²) >= 11 is 0. The van der Waals surface area contributed by atoms with E-state index in [-0.39, 0.29) is 11.9 Å². The predicted octanol–water partition coefficient (Wildman–Crippen LogP) is 1.46.